The van der Waals surface area contributed by atoms with Crippen LogP contribution in [-0.2, 0) is 56.6 Å². The SMILES string of the molecule is CNC(COSC(C)(C)CC(C)(C)C(=O)NCC(C)(C)CC(C)(C)COC1OC(CO)C(O)C(O)C1NC(C)=O)(COC(C)(C)CC(C)(C)C(=O)NCP)COC(C)(C)CC(C)(C)C(=O)NCC(C)(C)CC(C)(C)COC1OC(CO)C(O)C(O)C1NC(C)=O. The maximum Gasteiger partial charge on any atom is 0.226 e. The molecule has 2 heterocycles. The first kappa shape index (κ1) is 83.7. The molecule has 0 radical (unpaired) electrons. The summed E-state index contributed by atoms with van der Waals surface area (Å²) in [7, 11) is 4.33. The highest BCUT2D eigenvalue weighted by atomic mass is 32.2. The molecule has 0 saturated carbocycles. The van der Waals surface area contributed by atoms with Crippen molar-refractivity contribution in [3.8, 4) is 0 Å². The van der Waals surface area contributed by atoms with Crippen molar-refractivity contribution >= 4 is 50.8 Å². The van der Waals surface area contributed by atoms with Gasteiger partial charge in [0, 0.05) is 54.2 Å². The number of rotatable bonds is 39. The van der Waals surface area contributed by atoms with Gasteiger partial charge >= 0.3 is 0 Å². The fourth-order valence-corrected chi connectivity index (χ4v) is 14.2. The zero-order valence-electron chi connectivity index (χ0n) is 58.9. The van der Waals surface area contributed by atoms with Crippen molar-refractivity contribution in [3.63, 3.8) is 0 Å². The van der Waals surface area contributed by atoms with Crippen LogP contribution < -0.4 is 31.9 Å². The van der Waals surface area contributed by atoms with Crippen LogP contribution in [0.2, 0.25) is 0 Å². The first-order valence-electron chi connectivity index (χ1n) is 31.6. The lowest BCUT2D eigenvalue weighted by Crippen LogP contribution is -2.64. The van der Waals surface area contributed by atoms with Crippen LogP contribution in [0.4, 0.5) is 0 Å². The minimum absolute atomic E-state index is 0.0973. The van der Waals surface area contributed by atoms with Gasteiger partial charge in [-0.25, -0.2) is 0 Å². The molecule has 12 atom stereocenters. The van der Waals surface area contributed by atoms with Gasteiger partial charge in [0.1, 0.15) is 48.7 Å². The van der Waals surface area contributed by atoms with E-state index in [0.717, 1.165) is 0 Å². The summed E-state index contributed by atoms with van der Waals surface area (Å²) in [6.07, 6.45) is -7.48. The van der Waals surface area contributed by atoms with E-state index < -0.39 is 146 Å². The van der Waals surface area contributed by atoms with Gasteiger partial charge in [0.05, 0.1) is 63.0 Å². The molecular weight excluding hydrogens is 1200 g/mol. The minimum atomic E-state index is -1.43. The van der Waals surface area contributed by atoms with E-state index in [4.69, 9.17) is 32.6 Å². The number of aliphatic hydroxyl groups is 6. The van der Waals surface area contributed by atoms with Gasteiger partial charge in [0.25, 0.3) is 0 Å². The average Bonchev–Trinajstić information content (AvgIpc) is 0.959. The predicted molar refractivity (Wildman–Crippen MR) is 350 cm³/mol. The van der Waals surface area contributed by atoms with Gasteiger partial charge in [-0.2, -0.15) is 0 Å². The van der Waals surface area contributed by atoms with E-state index in [1.165, 1.54) is 25.9 Å². The van der Waals surface area contributed by atoms with Gasteiger partial charge in [-0.15, -0.1) is 9.24 Å². The van der Waals surface area contributed by atoms with Gasteiger partial charge in [-0.05, 0) is 114 Å². The van der Waals surface area contributed by atoms with Crippen LogP contribution in [0.25, 0.3) is 0 Å². The Morgan fingerprint density at radius 2 is 0.822 bits per heavy atom. The molecule has 24 nitrogen and oxygen atoms in total. The highest BCUT2D eigenvalue weighted by Gasteiger charge is 2.49. The van der Waals surface area contributed by atoms with Gasteiger partial charge in [-0.1, -0.05) is 96.9 Å². The summed E-state index contributed by atoms with van der Waals surface area (Å²) in [5, 5.41) is 80.0. The minimum Gasteiger partial charge on any atom is -0.394 e. The second-order valence-electron chi connectivity index (χ2n) is 32.5. The van der Waals surface area contributed by atoms with Crippen molar-refractivity contribution < 1.29 is 87.2 Å². The van der Waals surface area contributed by atoms with Crippen molar-refractivity contribution in [1.29, 1.82) is 0 Å². The summed E-state index contributed by atoms with van der Waals surface area (Å²) in [6, 6.07) is -2.14. The fourth-order valence-electron chi connectivity index (χ4n) is 13.0. The van der Waals surface area contributed by atoms with Crippen LogP contribution in [0.5, 0.6) is 0 Å². The second kappa shape index (κ2) is 33.5. The van der Waals surface area contributed by atoms with E-state index in [0.29, 0.717) is 51.5 Å². The first-order chi connectivity index (χ1) is 40.8. The van der Waals surface area contributed by atoms with Gasteiger partial charge in [0.2, 0.25) is 29.5 Å². The van der Waals surface area contributed by atoms with Crippen LogP contribution in [-0.4, -0.2) is 216 Å². The van der Waals surface area contributed by atoms with Gasteiger partial charge < -0.3 is 95.1 Å². The molecule has 2 fully saturated rings. The molecule has 12 N–H and O–H groups in total. The normalized spacial score (nSPS) is 24.4. The molecule has 2 aliphatic rings. The smallest absolute Gasteiger partial charge is 0.226 e. The van der Waals surface area contributed by atoms with Crippen LogP contribution in [0.1, 0.15) is 184 Å². The lowest BCUT2D eigenvalue weighted by Gasteiger charge is -2.43. The zero-order valence-corrected chi connectivity index (χ0v) is 60.9. The molecule has 528 valence electrons. The van der Waals surface area contributed by atoms with E-state index in [2.05, 4.69) is 41.1 Å². The third-order valence-electron chi connectivity index (χ3n) is 16.5. The number of hydrogen-bond donors (Lipinski definition) is 12. The van der Waals surface area contributed by atoms with Crippen LogP contribution in [0, 0.1) is 37.9 Å². The largest absolute Gasteiger partial charge is 0.394 e. The molecule has 2 saturated heterocycles. The van der Waals surface area contributed by atoms with Crippen molar-refractivity contribution in [1.82, 2.24) is 31.9 Å². The summed E-state index contributed by atoms with van der Waals surface area (Å²) in [4.78, 5) is 65.4. The molecule has 2 rings (SSSR count). The maximum absolute atomic E-state index is 14.2. The van der Waals surface area contributed by atoms with Crippen molar-refractivity contribution in [3.05, 3.63) is 0 Å². The molecule has 12 unspecified atom stereocenters. The van der Waals surface area contributed by atoms with Crippen molar-refractivity contribution in [2.45, 2.75) is 267 Å². The van der Waals surface area contributed by atoms with Crippen molar-refractivity contribution in [2.75, 3.05) is 72.7 Å². The molecule has 5 amide bonds. The fraction of sp³-hybridized carbons (Fsp3) is 0.922. The molecule has 0 aliphatic carbocycles. The molecule has 0 aromatic heterocycles. The van der Waals surface area contributed by atoms with Crippen LogP contribution in [0.3, 0.4) is 0 Å². The summed E-state index contributed by atoms with van der Waals surface area (Å²) in [6.45, 7) is 42.0. The highest BCUT2D eigenvalue weighted by molar-refractivity contribution is 7.96. The highest BCUT2D eigenvalue weighted by Crippen LogP contribution is 2.42. The number of likely N-dealkylation sites (N-methyl/N-ethyl adjacent to an activating group) is 1. The topological polar surface area (TPSA) is 344 Å². The van der Waals surface area contributed by atoms with Gasteiger partial charge in [-0.3, -0.25) is 24.0 Å². The Bertz CT molecular complexity index is 2310. The monoisotopic (exact) mass is 1330 g/mol. The molecule has 2 aliphatic heterocycles. The number of amides is 5. The summed E-state index contributed by atoms with van der Waals surface area (Å²) in [5.41, 5.74) is -6.92. The summed E-state index contributed by atoms with van der Waals surface area (Å²) in [5.74, 6) is -1.30. The standard InChI is InChI=1S/C64H123N6O18PS/c1-39(73)69-43-47(77)45(75)41(24-71)87-49(43)82-33-56(7,8)26-54(3,4)31-66-51(79)58(11,12)28-61(17,18)84-35-64(65-23,36-85-62(19,20)29-59(13,14)53(81)68-38-89)37-86-90-63(21,22)30-60(15,16)52(80)67-32-55(5,6)27-57(9,10)34-83-50-44(70-40(2)74)48(78)46(76)42(25-72)88-50/h41-50,65,71-72,75-78H,24-38,89H2,1-23H3,(H,66,79)(H,67,80)(H,68,81)(H,69,73)(H,70,74). The Hall–Kier alpha value is -2.43. The number of carbonyl (C=O) groups excluding carboxylic acids is 5. The number of hydrogen-bond acceptors (Lipinski definition) is 20. The first-order valence-corrected chi connectivity index (χ1v) is 33.2. The third kappa shape index (κ3) is 27.4. The average molecular weight is 1330 g/mol. The predicted octanol–water partition coefficient (Wildman–Crippen LogP) is 4.21. The maximum atomic E-state index is 14.2. The quantitative estimate of drug-likeness (QED) is 0.0303. The summed E-state index contributed by atoms with van der Waals surface area (Å²) >= 11 is 1.26. The zero-order chi connectivity index (χ0) is 69.7. The molecular formula is C64H123N6O18PS. The third-order valence-corrected chi connectivity index (χ3v) is 17.5. The van der Waals surface area contributed by atoms with Crippen LogP contribution in [0.15, 0.2) is 0 Å². The molecule has 0 aromatic carbocycles. The number of aliphatic hydroxyl groups excluding tert-OH is 6. The van der Waals surface area contributed by atoms with Crippen molar-refractivity contribution in [2.24, 2.45) is 37.9 Å². The van der Waals surface area contributed by atoms with E-state index >= 15 is 0 Å². The Balaban J connectivity index is 2.22. The summed E-state index contributed by atoms with van der Waals surface area (Å²) < 4.78 is 43.4. The molecule has 0 bridgehead atoms. The number of nitrogens with one attached hydrogen (secondary N) is 6. The Labute approximate surface area is 545 Å². The molecule has 0 aromatic rings. The lowest BCUT2D eigenvalue weighted by molar-refractivity contribution is -0.276. The van der Waals surface area contributed by atoms with Crippen LogP contribution >= 0.6 is 21.3 Å². The second-order valence-corrected chi connectivity index (χ2v) is 34.4. The van der Waals surface area contributed by atoms with E-state index in [9.17, 15) is 54.6 Å². The molecule has 26 heteroatoms. The Morgan fingerprint density at radius 3 is 1.14 bits per heavy atom. The molecule has 0 spiro atoms. The van der Waals surface area contributed by atoms with E-state index in [1.807, 2.05) is 146 Å². The number of carbonyl (C=O) groups is 5. The van der Waals surface area contributed by atoms with E-state index in [-0.39, 0.29) is 50.8 Å². The molecule has 90 heavy (non-hydrogen) atoms. The van der Waals surface area contributed by atoms with Gasteiger partial charge in [0.15, 0.2) is 12.6 Å². The Kier molecular flexibility index (Phi) is 31.1. The van der Waals surface area contributed by atoms with E-state index in [1.54, 1.807) is 0 Å². The Morgan fingerprint density at radius 1 is 0.478 bits per heavy atom. The number of ether oxygens (including phenoxy) is 6. The lowest BCUT2D eigenvalue weighted by atomic mass is 9.75.